The van der Waals surface area contributed by atoms with E-state index >= 15 is 0 Å². The van der Waals surface area contributed by atoms with Gasteiger partial charge in [-0.3, -0.25) is 14.4 Å². The molecule has 0 aliphatic rings. The van der Waals surface area contributed by atoms with Crippen LogP contribution in [0.4, 0.5) is 0 Å². The molecule has 6 heteroatoms. The van der Waals surface area contributed by atoms with Crippen molar-refractivity contribution in [2.24, 2.45) is 5.92 Å². The predicted molar refractivity (Wildman–Crippen MR) is 257 cm³/mol. The van der Waals surface area contributed by atoms with E-state index in [0.717, 1.165) is 63.7 Å². The number of rotatable bonds is 49. The first-order chi connectivity index (χ1) is 29.4. The molecular weight excluding hydrogens is 745 g/mol. The number of esters is 3. The second-order valence-electron chi connectivity index (χ2n) is 19.0. The molecule has 356 valence electrons. The molecular formula is C54H104O6. The van der Waals surface area contributed by atoms with Gasteiger partial charge in [0.25, 0.3) is 0 Å². The Labute approximate surface area is 374 Å². The van der Waals surface area contributed by atoms with Crippen molar-refractivity contribution in [2.75, 3.05) is 13.2 Å². The quantitative estimate of drug-likeness (QED) is 0.0345. The van der Waals surface area contributed by atoms with Crippen molar-refractivity contribution in [1.29, 1.82) is 0 Å². The number of ether oxygens (including phenoxy) is 3. The molecule has 0 amide bonds. The topological polar surface area (TPSA) is 78.9 Å². The standard InChI is InChI=1S/C54H104O6/c1-5-7-9-11-13-15-17-18-19-22-26-29-33-37-41-45-52(55)58-48-51(60-54(57)47-43-39-35-31-24-16-14-12-10-8-6-2)49-59-53(56)46-42-38-34-30-27-23-20-21-25-28-32-36-40-44-50(3)4/h50-51H,5-49H2,1-4H3/t51-/m1/s1. The maximum absolute atomic E-state index is 12.8. The highest BCUT2D eigenvalue weighted by atomic mass is 16.6. The summed E-state index contributed by atoms with van der Waals surface area (Å²) in [6.45, 7) is 9.04. The van der Waals surface area contributed by atoms with Crippen LogP contribution >= 0.6 is 0 Å². The van der Waals surface area contributed by atoms with Crippen molar-refractivity contribution in [3.8, 4) is 0 Å². The Morgan fingerprint density at radius 2 is 0.550 bits per heavy atom. The van der Waals surface area contributed by atoms with Crippen LogP contribution in [0.25, 0.3) is 0 Å². The lowest BCUT2D eigenvalue weighted by atomic mass is 10.0. The van der Waals surface area contributed by atoms with Crippen molar-refractivity contribution in [3.05, 3.63) is 0 Å². The fourth-order valence-electron chi connectivity index (χ4n) is 8.22. The fourth-order valence-corrected chi connectivity index (χ4v) is 8.22. The van der Waals surface area contributed by atoms with Crippen LogP contribution < -0.4 is 0 Å². The van der Waals surface area contributed by atoms with Crippen LogP contribution in [0.1, 0.15) is 304 Å². The van der Waals surface area contributed by atoms with Crippen LogP contribution in [-0.2, 0) is 28.6 Å². The van der Waals surface area contributed by atoms with Crippen LogP contribution in [0.2, 0.25) is 0 Å². The Morgan fingerprint density at radius 1 is 0.317 bits per heavy atom. The lowest BCUT2D eigenvalue weighted by Gasteiger charge is -2.18. The van der Waals surface area contributed by atoms with Crippen molar-refractivity contribution in [3.63, 3.8) is 0 Å². The first-order valence-corrected chi connectivity index (χ1v) is 26.9. The van der Waals surface area contributed by atoms with Gasteiger partial charge in [0, 0.05) is 19.3 Å². The van der Waals surface area contributed by atoms with Gasteiger partial charge in [-0.15, -0.1) is 0 Å². The molecule has 0 rings (SSSR count). The number of hydrogen-bond acceptors (Lipinski definition) is 6. The highest BCUT2D eigenvalue weighted by Gasteiger charge is 2.19. The fraction of sp³-hybridized carbons (Fsp3) is 0.944. The zero-order chi connectivity index (χ0) is 43.8. The van der Waals surface area contributed by atoms with Gasteiger partial charge < -0.3 is 14.2 Å². The van der Waals surface area contributed by atoms with E-state index in [9.17, 15) is 14.4 Å². The van der Waals surface area contributed by atoms with E-state index in [2.05, 4.69) is 27.7 Å². The molecule has 0 N–H and O–H groups in total. The average molecular weight is 849 g/mol. The Hall–Kier alpha value is -1.59. The molecule has 0 saturated carbocycles. The molecule has 60 heavy (non-hydrogen) atoms. The van der Waals surface area contributed by atoms with E-state index in [1.165, 1.54) is 199 Å². The molecule has 1 atom stereocenters. The normalized spacial score (nSPS) is 11.9. The van der Waals surface area contributed by atoms with Gasteiger partial charge in [0.05, 0.1) is 0 Å². The van der Waals surface area contributed by atoms with Gasteiger partial charge in [-0.25, -0.2) is 0 Å². The zero-order valence-corrected chi connectivity index (χ0v) is 40.9. The Kier molecular flexibility index (Phi) is 47.2. The van der Waals surface area contributed by atoms with Gasteiger partial charge >= 0.3 is 17.9 Å². The minimum absolute atomic E-state index is 0.0624. The Morgan fingerprint density at radius 3 is 0.817 bits per heavy atom. The Balaban J connectivity index is 4.27. The van der Waals surface area contributed by atoms with E-state index in [1.54, 1.807) is 0 Å². The second kappa shape index (κ2) is 48.4. The van der Waals surface area contributed by atoms with Crippen LogP contribution in [0, 0.1) is 5.92 Å². The third kappa shape index (κ3) is 47.5. The summed E-state index contributed by atoms with van der Waals surface area (Å²) >= 11 is 0. The third-order valence-electron chi connectivity index (χ3n) is 12.3. The molecule has 6 nitrogen and oxygen atoms in total. The number of unbranched alkanes of at least 4 members (excludes halogenated alkanes) is 36. The van der Waals surface area contributed by atoms with Crippen molar-refractivity contribution >= 4 is 17.9 Å². The first-order valence-electron chi connectivity index (χ1n) is 26.9. The molecule has 0 radical (unpaired) electrons. The summed E-state index contributed by atoms with van der Waals surface area (Å²) in [6, 6.07) is 0. The Bertz CT molecular complexity index is 903. The summed E-state index contributed by atoms with van der Waals surface area (Å²) in [5.74, 6) is -0.00175. The molecule has 0 unspecified atom stereocenters. The van der Waals surface area contributed by atoms with Crippen molar-refractivity contribution < 1.29 is 28.6 Å². The van der Waals surface area contributed by atoms with E-state index in [0.29, 0.717) is 19.3 Å². The summed E-state index contributed by atoms with van der Waals surface area (Å²) in [5.41, 5.74) is 0. The lowest BCUT2D eigenvalue weighted by molar-refractivity contribution is -0.167. The molecule has 0 aromatic rings. The zero-order valence-electron chi connectivity index (χ0n) is 40.9. The molecule has 0 aromatic carbocycles. The largest absolute Gasteiger partial charge is 0.462 e. The summed E-state index contributed by atoms with van der Waals surface area (Å²) in [5, 5.41) is 0. The van der Waals surface area contributed by atoms with Gasteiger partial charge in [0.2, 0.25) is 0 Å². The van der Waals surface area contributed by atoms with E-state index in [1.807, 2.05) is 0 Å². The first kappa shape index (κ1) is 58.4. The molecule has 0 aliphatic carbocycles. The molecule has 0 aromatic heterocycles. The number of carbonyl (C=O) groups excluding carboxylic acids is 3. The molecule has 0 bridgehead atoms. The lowest BCUT2D eigenvalue weighted by Crippen LogP contribution is -2.30. The predicted octanol–water partition coefficient (Wildman–Crippen LogP) is 17.5. The highest BCUT2D eigenvalue weighted by molar-refractivity contribution is 5.71. The summed E-state index contributed by atoms with van der Waals surface area (Å²) in [4.78, 5) is 38.0. The molecule has 0 saturated heterocycles. The van der Waals surface area contributed by atoms with Crippen LogP contribution in [-0.4, -0.2) is 37.2 Å². The maximum Gasteiger partial charge on any atom is 0.306 e. The van der Waals surface area contributed by atoms with E-state index in [4.69, 9.17) is 14.2 Å². The van der Waals surface area contributed by atoms with E-state index < -0.39 is 6.10 Å². The summed E-state index contributed by atoms with van der Waals surface area (Å²) in [7, 11) is 0. The monoisotopic (exact) mass is 849 g/mol. The summed E-state index contributed by atoms with van der Waals surface area (Å²) in [6.07, 6.45) is 50.8. The molecule has 0 spiro atoms. The van der Waals surface area contributed by atoms with Gasteiger partial charge in [-0.2, -0.15) is 0 Å². The smallest absolute Gasteiger partial charge is 0.306 e. The molecule has 0 aliphatic heterocycles. The summed E-state index contributed by atoms with van der Waals surface area (Å²) < 4.78 is 16.8. The van der Waals surface area contributed by atoms with Crippen LogP contribution in [0.5, 0.6) is 0 Å². The van der Waals surface area contributed by atoms with Crippen molar-refractivity contribution in [2.45, 2.75) is 310 Å². The minimum atomic E-state index is -0.760. The van der Waals surface area contributed by atoms with Gasteiger partial charge in [-0.05, 0) is 25.2 Å². The van der Waals surface area contributed by atoms with Gasteiger partial charge in [-0.1, -0.05) is 265 Å². The third-order valence-corrected chi connectivity index (χ3v) is 12.3. The molecule has 0 fully saturated rings. The van der Waals surface area contributed by atoms with E-state index in [-0.39, 0.29) is 31.1 Å². The number of hydrogen-bond donors (Lipinski definition) is 0. The molecule has 0 heterocycles. The maximum atomic E-state index is 12.8. The average Bonchev–Trinajstić information content (AvgIpc) is 3.23. The van der Waals surface area contributed by atoms with Crippen LogP contribution in [0.3, 0.4) is 0 Å². The van der Waals surface area contributed by atoms with Gasteiger partial charge in [0.15, 0.2) is 6.10 Å². The highest BCUT2D eigenvalue weighted by Crippen LogP contribution is 2.17. The van der Waals surface area contributed by atoms with Crippen LogP contribution in [0.15, 0.2) is 0 Å². The second-order valence-corrected chi connectivity index (χ2v) is 19.0. The van der Waals surface area contributed by atoms with Gasteiger partial charge in [0.1, 0.15) is 13.2 Å². The van der Waals surface area contributed by atoms with Crippen molar-refractivity contribution in [1.82, 2.24) is 0 Å². The number of carbonyl (C=O) groups is 3. The minimum Gasteiger partial charge on any atom is -0.462 e. The SMILES string of the molecule is CCCCCCCCCCCCCCCCCC(=O)OC[C@H](COC(=O)CCCCCCCCCCCCCCCC(C)C)OC(=O)CCCCCCCCCCCCC.